The van der Waals surface area contributed by atoms with Crippen LogP contribution in [-0.4, -0.2) is 22.1 Å². The van der Waals surface area contributed by atoms with Gasteiger partial charge in [0.15, 0.2) is 0 Å². The number of alkyl halides is 1. The van der Waals surface area contributed by atoms with Gasteiger partial charge in [-0.15, -0.1) is 16.7 Å². The van der Waals surface area contributed by atoms with Gasteiger partial charge in [0.2, 0.25) is 0 Å². The Morgan fingerprint density at radius 1 is 1.53 bits per heavy atom. The highest BCUT2D eigenvalue weighted by Crippen LogP contribution is 2.29. The van der Waals surface area contributed by atoms with Crippen LogP contribution in [0.3, 0.4) is 0 Å². The van der Waals surface area contributed by atoms with E-state index in [9.17, 15) is 0 Å². The molecule has 1 fully saturated rings. The first-order valence-corrected chi connectivity index (χ1v) is 5.85. The predicted molar refractivity (Wildman–Crippen MR) is 62.2 cm³/mol. The minimum Gasteiger partial charge on any atom is -0.368 e. The van der Waals surface area contributed by atoms with Crippen molar-refractivity contribution in [3.8, 4) is 0 Å². The molecule has 0 spiro atoms. The zero-order valence-corrected chi connectivity index (χ0v) is 9.67. The smallest absolute Gasteiger partial charge is 0.148 e. The number of aromatic nitrogens is 2. The van der Waals surface area contributed by atoms with Crippen molar-refractivity contribution >= 4 is 17.4 Å². The number of anilines is 1. The second-order valence-corrected chi connectivity index (χ2v) is 4.89. The van der Waals surface area contributed by atoms with Gasteiger partial charge in [-0.05, 0) is 43.7 Å². The van der Waals surface area contributed by atoms with Gasteiger partial charge in [-0.2, -0.15) is 5.10 Å². The summed E-state index contributed by atoms with van der Waals surface area (Å²) in [7, 11) is 0. The first-order valence-electron chi connectivity index (χ1n) is 5.41. The largest absolute Gasteiger partial charge is 0.368 e. The van der Waals surface area contributed by atoms with Crippen molar-refractivity contribution in [1.29, 1.82) is 0 Å². The third kappa shape index (κ3) is 3.06. The number of halogens is 1. The van der Waals surface area contributed by atoms with E-state index in [2.05, 4.69) is 15.5 Å². The lowest BCUT2D eigenvalue weighted by Gasteiger charge is -2.10. The van der Waals surface area contributed by atoms with Gasteiger partial charge in [0.05, 0.1) is 6.20 Å². The van der Waals surface area contributed by atoms with E-state index in [1.165, 1.54) is 6.42 Å². The fourth-order valence-corrected chi connectivity index (χ4v) is 2.38. The maximum absolute atomic E-state index is 6.06. The quantitative estimate of drug-likeness (QED) is 0.804. The van der Waals surface area contributed by atoms with E-state index in [1.54, 1.807) is 6.20 Å². The Hall–Kier alpha value is -0.830. The monoisotopic (exact) mass is 225 g/mol. The number of nitrogens with zero attached hydrogens (tertiary/aromatic N) is 2. The van der Waals surface area contributed by atoms with Crippen LogP contribution in [0.2, 0.25) is 0 Å². The summed E-state index contributed by atoms with van der Waals surface area (Å²) in [6.07, 6.45) is 5.25. The zero-order valence-electron chi connectivity index (χ0n) is 8.91. The van der Waals surface area contributed by atoms with Crippen molar-refractivity contribution in [1.82, 2.24) is 10.2 Å². The van der Waals surface area contributed by atoms with Gasteiger partial charge >= 0.3 is 0 Å². The highest BCUT2D eigenvalue weighted by atomic mass is 35.5. The molecule has 0 aromatic carbocycles. The third-order valence-electron chi connectivity index (χ3n) is 2.84. The van der Waals surface area contributed by atoms with Gasteiger partial charge in [0.1, 0.15) is 5.82 Å². The number of hydrogen-bond donors (Lipinski definition) is 1. The Bertz CT molecular complexity index is 329. The summed E-state index contributed by atoms with van der Waals surface area (Å²) in [6, 6.07) is 2.01. The minimum atomic E-state index is 0.375. The van der Waals surface area contributed by atoms with Crippen molar-refractivity contribution in [2.24, 2.45) is 5.92 Å². The molecule has 82 valence electrons. The topological polar surface area (TPSA) is 37.8 Å². The van der Waals surface area contributed by atoms with Crippen molar-refractivity contribution in [2.75, 3.05) is 11.9 Å². The molecular formula is C11H16ClN3. The number of aryl methyl sites for hydroxylation is 1. The average Bonchev–Trinajstić information content (AvgIpc) is 2.62. The number of nitrogens with one attached hydrogen (secondary N) is 1. The standard InChI is InChI=1S/C11H16ClN3/c1-8-4-11(15-14-6-8)13-7-9-2-3-10(12)5-9/h4,6,9-10H,2-3,5,7H2,1H3,(H,13,15). The van der Waals surface area contributed by atoms with E-state index < -0.39 is 0 Å². The normalized spacial score (nSPS) is 25.5. The van der Waals surface area contributed by atoms with Crippen molar-refractivity contribution in [3.63, 3.8) is 0 Å². The van der Waals surface area contributed by atoms with E-state index in [4.69, 9.17) is 11.6 Å². The summed E-state index contributed by atoms with van der Waals surface area (Å²) >= 11 is 6.06. The molecule has 1 saturated carbocycles. The Labute approximate surface area is 95.2 Å². The molecule has 4 heteroatoms. The Morgan fingerprint density at radius 3 is 3.07 bits per heavy atom. The van der Waals surface area contributed by atoms with Gasteiger partial charge < -0.3 is 5.32 Å². The van der Waals surface area contributed by atoms with Crippen LogP contribution in [0.5, 0.6) is 0 Å². The summed E-state index contributed by atoms with van der Waals surface area (Å²) in [5, 5.41) is 11.6. The molecule has 1 aromatic rings. The van der Waals surface area contributed by atoms with Crippen molar-refractivity contribution < 1.29 is 0 Å². The lowest BCUT2D eigenvalue weighted by atomic mass is 10.1. The van der Waals surface area contributed by atoms with E-state index in [-0.39, 0.29) is 0 Å². The lowest BCUT2D eigenvalue weighted by Crippen LogP contribution is -2.13. The Balaban J connectivity index is 1.83. The highest BCUT2D eigenvalue weighted by molar-refractivity contribution is 6.20. The fraction of sp³-hybridized carbons (Fsp3) is 0.636. The molecule has 1 aliphatic carbocycles. The minimum absolute atomic E-state index is 0.375. The molecule has 0 radical (unpaired) electrons. The first kappa shape index (κ1) is 10.7. The predicted octanol–water partition coefficient (Wildman–Crippen LogP) is 2.60. The van der Waals surface area contributed by atoms with Crippen LogP contribution >= 0.6 is 11.6 Å². The molecule has 0 bridgehead atoms. The number of hydrogen-bond acceptors (Lipinski definition) is 3. The van der Waals surface area contributed by atoms with Crippen LogP contribution in [0.1, 0.15) is 24.8 Å². The molecule has 1 aromatic heterocycles. The first-order chi connectivity index (χ1) is 7.24. The molecular weight excluding hydrogens is 210 g/mol. The average molecular weight is 226 g/mol. The highest BCUT2D eigenvalue weighted by Gasteiger charge is 2.22. The van der Waals surface area contributed by atoms with Crippen LogP contribution in [0, 0.1) is 12.8 Å². The molecule has 2 rings (SSSR count). The zero-order chi connectivity index (χ0) is 10.7. The molecule has 0 amide bonds. The van der Waals surface area contributed by atoms with E-state index >= 15 is 0 Å². The number of rotatable bonds is 3. The Kier molecular flexibility index (Phi) is 3.41. The van der Waals surface area contributed by atoms with Gasteiger partial charge in [0, 0.05) is 11.9 Å². The summed E-state index contributed by atoms with van der Waals surface area (Å²) < 4.78 is 0. The summed E-state index contributed by atoms with van der Waals surface area (Å²) in [5.74, 6) is 1.56. The molecule has 2 unspecified atom stereocenters. The molecule has 0 aliphatic heterocycles. The maximum Gasteiger partial charge on any atom is 0.148 e. The van der Waals surface area contributed by atoms with Gasteiger partial charge in [-0.3, -0.25) is 0 Å². The van der Waals surface area contributed by atoms with Crippen LogP contribution in [0.15, 0.2) is 12.3 Å². The summed E-state index contributed by atoms with van der Waals surface area (Å²) in [5.41, 5.74) is 1.13. The van der Waals surface area contributed by atoms with E-state index in [0.717, 1.165) is 30.8 Å². The van der Waals surface area contributed by atoms with Gasteiger partial charge in [-0.25, -0.2) is 0 Å². The summed E-state index contributed by atoms with van der Waals surface area (Å²) in [6.45, 7) is 2.98. The van der Waals surface area contributed by atoms with E-state index in [0.29, 0.717) is 11.3 Å². The fourth-order valence-electron chi connectivity index (χ4n) is 2.00. The van der Waals surface area contributed by atoms with Crippen molar-refractivity contribution in [2.45, 2.75) is 31.6 Å². The molecule has 15 heavy (non-hydrogen) atoms. The van der Waals surface area contributed by atoms with Crippen LogP contribution in [-0.2, 0) is 0 Å². The van der Waals surface area contributed by atoms with Crippen molar-refractivity contribution in [3.05, 3.63) is 17.8 Å². The molecule has 1 aliphatic rings. The second kappa shape index (κ2) is 4.79. The Morgan fingerprint density at radius 2 is 2.40 bits per heavy atom. The summed E-state index contributed by atoms with van der Waals surface area (Å²) in [4.78, 5) is 0. The molecule has 0 saturated heterocycles. The van der Waals surface area contributed by atoms with Gasteiger partial charge in [0.25, 0.3) is 0 Å². The molecule has 1 N–H and O–H groups in total. The SMILES string of the molecule is Cc1cnnc(NCC2CCC(Cl)C2)c1. The lowest BCUT2D eigenvalue weighted by molar-refractivity contribution is 0.579. The molecule has 1 heterocycles. The van der Waals surface area contributed by atoms with Crippen LogP contribution in [0.25, 0.3) is 0 Å². The molecule has 3 nitrogen and oxygen atoms in total. The third-order valence-corrected chi connectivity index (χ3v) is 3.24. The van der Waals surface area contributed by atoms with Gasteiger partial charge in [-0.1, -0.05) is 0 Å². The van der Waals surface area contributed by atoms with Crippen LogP contribution < -0.4 is 5.32 Å². The maximum atomic E-state index is 6.06. The van der Waals surface area contributed by atoms with Crippen LogP contribution in [0.4, 0.5) is 5.82 Å². The van der Waals surface area contributed by atoms with E-state index in [1.807, 2.05) is 13.0 Å². The second-order valence-electron chi connectivity index (χ2n) is 4.28. The molecule has 2 atom stereocenters.